The number of benzene rings is 2. The molecule has 0 unspecified atom stereocenters. The molecule has 0 aliphatic rings. The van der Waals surface area contributed by atoms with E-state index in [1.54, 1.807) is 6.20 Å². The van der Waals surface area contributed by atoms with E-state index in [1.807, 2.05) is 41.2 Å². The molecular formula is C22H26N4O5S. The van der Waals surface area contributed by atoms with Crippen LogP contribution in [-0.4, -0.2) is 44.9 Å². The number of methoxy groups -OCH3 is 2. The van der Waals surface area contributed by atoms with Gasteiger partial charge in [0.15, 0.2) is 11.5 Å². The van der Waals surface area contributed by atoms with E-state index in [4.69, 9.17) is 9.47 Å². The van der Waals surface area contributed by atoms with E-state index in [2.05, 4.69) is 15.1 Å². The Kier molecular flexibility index (Phi) is 7.85. The molecule has 0 saturated heterocycles. The summed E-state index contributed by atoms with van der Waals surface area (Å²) in [6.45, 7) is 0.917. The van der Waals surface area contributed by atoms with Crippen molar-refractivity contribution in [3.05, 3.63) is 72.1 Å². The number of amides is 1. The van der Waals surface area contributed by atoms with Crippen LogP contribution in [0.4, 0.5) is 0 Å². The molecule has 0 bridgehead atoms. The van der Waals surface area contributed by atoms with E-state index >= 15 is 0 Å². The summed E-state index contributed by atoms with van der Waals surface area (Å²) < 4.78 is 39.5. The normalized spacial score (nSPS) is 11.2. The van der Waals surface area contributed by atoms with Gasteiger partial charge in [-0.05, 0) is 29.3 Å². The topological polar surface area (TPSA) is 112 Å². The number of carbonyl (C=O) groups excluding carboxylic acids is 1. The third-order valence-corrected chi connectivity index (χ3v) is 6.25. The van der Waals surface area contributed by atoms with Crippen molar-refractivity contribution in [1.29, 1.82) is 0 Å². The van der Waals surface area contributed by atoms with Crippen molar-refractivity contribution in [2.45, 2.75) is 24.4 Å². The molecule has 10 heteroatoms. The molecule has 3 rings (SSSR count). The maximum Gasteiger partial charge on any atom is 0.240 e. The van der Waals surface area contributed by atoms with E-state index < -0.39 is 10.0 Å². The molecule has 0 aliphatic heterocycles. The maximum atomic E-state index is 12.5. The highest BCUT2D eigenvalue weighted by Gasteiger charge is 2.17. The minimum Gasteiger partial charge on any atom is -0.493 e. The SMILES string of the molecule is COc1ccc(S(=O)(=O)NCCC(=O)NCc2ccccc2Cn2cccn2)cc1OC. The van der Waals surface area contributed by atoms with Crippen LogP contribution in [0.15, 0.2) is 65.8 Å². The van der Waals surface area contributed by atoms with Crippen LogP contribution in [0.25, 0.3) is 0 Å². The lowest BCUT2D eigenvalue weighted by molar-refractivity contribution is -0.121. The predicted octanol–water partition coefficient (Wildman–Crippen LogP) is 1.93. The van der Waals surface area contributed by atoms with Gasteiger partial charge in [0.1, 0.15) is 0 Å². The van der Waals surface area contributed by atoms with Crippen LogP contribution in [0.2, 0.25) is 0 Å². The van der Waals surface area contributed by atoms with Crippen molar-refractivity contribution in [1.82, 2.24) is 19.8 Å². The van der Waals surface area contributed by atoms with Gasteiger partial charge in [-0.15, -0.1) is 0 Å². The molecule has 1 heterocycles. The van der Waals surface area contributed by atoms with Gasteiger partial charge in [-0.2, -0.15) is 5.10 Å². The molecule has 2 aromatic carbocycles. The smallest absolute Gasteiger partial charge is 0.240 e. The molecule has 170 valence electrons. The molecule has 0 atom stereocenters. The Hall–Kier alpha value is -3.37. The fraction of sp³-hybridized carbons (Fsp3) is 0.273. The second-order valence-corrected chi connectivity index (χ2v) is 8.68. The van der Waals surface area contributed by atoms with Gasteiger partial charge in [0.05, 0.1) is 25.7 Å². The lowest BCUT2D eigenvalue weighted by atomic mass is 10.1. The van der Waals surface area contributed by atoms with E-state index in [0.717, 1.165) is 11.1 Å². The lowest BCUT2D eigenvalue weighted by Gasteiger charge is -2.12. The Bertz CT molecular complexity index is 1150. The third-order valence-electron chi connectivity index (χ3n) is 4.80. The van der Waals surface area contributed by atoms with Gasteiger partial charge < -0.3 is 14.8 Å². The van der Waals surface area contributed by atoms with Gasteiger partial charge in [0, 0.05) is 38.0 Å². The van der Waals surface area contributed by atoms with Gasteiger partial charge in [-0.3, -0.25) is 9.48 Å². The summed E-state index contributed by atoms with van der Waals surface area (Å²) in [6.07, 6.45) is 3.60. The highest BCUT2D eigenvalue weighted by Crippen LogP contribution is 2.29. The molecule has 9 nitrogen and oxygen atoms in total. The minimum absolute atomic E-state index is 0.00778. The van der Waals surface area contributed by atoms with Crippen LogP contribution in [0.3, 0.4) is 0 Å². The number of ether oxygens (including phenoxy) is 2. The highest BCUT2D eigenvalue weighted by molar-refractivity contribution is 7.89. The fourth-order valence-electron chi connectivity index (χ4n) is 3.10. The first kappa shape index (κ1) is 23.3. The van der Waals surface area contributed by atoms with Gasteiger partial charge in [0.2, 0.25) is 15.9 Å². The number of hydrogen-bond donors (Lipinski definition) is 2. The summed E-state index contributed by atoms with van der Waals surface area (Å²) in [5.41, 5.74) is 2.02. The van der Waals surface area contributed by atoms with Crippen molar-refractivity contribution < 1.29 is 22.7 Å². The van der Waals surface area contributed by atoms with Crippen molar-refractivity contribution in [3.8, 4) is 11.5 Å². The average molecular weight is 459 g/mol. The zero-order valence-corrected chi connectivity index (χ0v) is 18.8. The van der Waals surface area contributed by atoms with Gasteiger partial charge in [0.25, 0.3) is 0 Å². The van der Waals surface area contributed by atoms with Gasteiger partial charge >= 0.3 is 0 Å². The number of carbonyl (C=O) groups is 1. The Morgan fingerprint density at radius 1 is 1.03 bits per heavy atom. The predicted molar refractivity (Wildman–Crippen MR) is 119 cm³/mol. The quantitative estimate of drug-likeness (QED) is 0.454. The van der Waals surface area contributed by atoms with Gasteiger partial charge in [-0.25, -0.2) is 13.1 Å². The molecule has 0 spiro atoms. The first-order chi connectivity index (χ1) is 15.4. The second kappa shape index (κ2) is 10.8. The first-order valence-corrected chi connectivity index (χ1v) is 11.4. The molecule has 1 amide bonds. The first-order valence-electron chi connectivity index (χ1n) is 9.95. The largest absolute Gasteiger partial charge is 0.493 e. The summed E-state index contributed by atoms with van der Waals surface area (Å²) in [4.78, 5) is 12.3. The summed E-state index contributed by atoms with van der Waals surface area (Å²) >= 11 is 0. The van der Waals surface area contributed by atoms with Crippen LogP contribution in [0.1, 0.15) is 17.5 Å². The van der Waals surface area contributed by atoms with Crippen LogP contribution >= 0.6 is 0 Å². The number of nitrogens with one attached hydrogen (secondary N) is 2. The molecule has 1 aromatic heterocycles. The molecule has 3 aromatic rings. The van der Waals surface area contributed by atoms with E-state index in [-0.39, 0.29) is 23.8 Å². The number of sulfonamides is 1. The summed E-state index contributed by atoms with van der Waals surface area (Å²) in [7, 11) is -0.891. The summed E-state index contributed by atoms with van der Waals surface area (Å²) in [6, 6.07) is 13.9. The Balaban J connectivity index is 1.51. The Morgan fingerprint density at radius 2 is 1.78 bits per heavy atom. The van der Waals surface area contributed by atoms with Crippen molar-refractivity contribution in [2.75, 3.05) is 20.8 Å². The summed E-state index contributed by atoms with van der Waals surface area (Å²) in [5, 5.41) is 7.04. The average Bonchev–Trinajstić information content (AvgIpc) is 3.31. The zero-order chi connectivity index (χ0) is 23.0. The lowest BCUT2D eigenvalue weighted by Crippen LogP contribution is -2.30. The van der Waals surface area contributed by atoms with E-state index in [9.17, 15) is 13.2 Å². The molecular weight excluding hydrogens is 432 g/mol. The van der Waals surface area contributed by atoms with Crippen LogP contribution in [0, 0.1) is 0 Å². The van der Waals surface area contributed by atoms with Crippen molar-refractivity contribution >= 4 is 15.9 Å². The number of rotatable bonds is 11. The van der Waals surface area contributed by atoms with Crippen molar-refractivity contribution in [3.63, 3.8) is 0 Å². The molecule has 0 saturated carbocycles. The molecule has 0 radical (unpaired) electrons. The van der Waals surface area contributed by atoms with Crippen LogP contribution in [-0.2, 0) is 27.9 Å². The molecule has 2 N–H and O–H groups in total. The Labute approximate surface area is 187 Å². The van der Waals surface area contributed by atoms with Crippen LogP contribution < -0.4 is 19.5 Å². The molecule has 32 heavy (non-hydrogen) atoms. The summed E-state index contributed by atoms with van der Waals surface area (Å²) in [5.74, 6) is 0.481. The zero-order valence-electron chi connectivity index (χ0n) is 17.9. The maximum absolute atomic E-state index is 12.5. The van der Waals surface area contributed by atoms with E-state index in [0.29, 0.717) is 24.6 Å². The minimum atomic E-state index is -3.79. The van der Waals surface area contributed by atoms with Gasteiger partial charge in [-0.1, -0.05) is 24.3 Å². The van der Waals surface area contributed by atoms with Crippen molar-refractivity contribution in [2.24, 2.45) is 0 Å². The molecule has 0 aliphatic carbocycles. The fourth-order valence-corrected chi connectivity index (χ4v) is 4.15. The number of hydrogen-bond acceptors (Lipinski definition) is 6. The molecule has 0 fully saturated rings. The third kappa shape index (κ3) is 6.08. The van der Waals surface area contributed by atoms with Crippen LogP contribution in [0.5, 0.6) is 11.5 Å². The Morgan fingerprint density at radius 3 is 2.47 bits per heavy atom. The number of aromatic nitrogens is 2. The number of nitrogens with zero attached hydrogens (tertiary/aromatic N) is 2. The van der Waals surface area contributed by atoms with E-state index in [1.165, 1.54) is 32.4 Å². The standard InChI is InChI=1S/C22H26N4O5S/c1-30-20-9-8-19(14-21(20)31-2)32(28,29)25-12-10-22(27)23-15-17-6-3-4-7-18(17)16-26-13-5-11-24-26/h3-9,11,13-14,25H,10,12,15-16H2,1-2H3,(H,23,27). The monoisotopic (exact) mass is 458 g/mol. The second-order valence-electron chi connectivity index (χ2n) is 6.91. The highest BCUT2D eigenvalue weighted by atomic mass is 32.2.